The number of hydrogen-bond donors (Lipinski definition) is 2. The largest absolute Gasteiger partial charge is 0.480 e. The molecule has 8 heteroatoms. The number of sulfonamides is 1. The van der Waals surface area contributed by atoms with Crippen LogP contribution in [0, 0.1) is 5.92 Å². The molecule has 0 aromatic heterocycles. The van der Waals surface area contributed by atoms with Crippen LogP contribution in [-0.2, 0) is 14.8 Å². The number of carbonyl (C=O) groups is 1. The molecule has 0 aliphatic carbocycles. The molecule has 19 heavy (non-hydrogen) atoms. The summed E-state index contributed by atoms with van der Waals surface area (Å²) in [6.07, 6.45) is 0. The number of nitrogens with one attached hydrogen (secondary N) is 1. The summed E-state index contributed by atoms with van der Waals surface area (Å²) < 4.78 is 27.6. The number of hydrogen-bond acceptors (Lipinski definition) is 3. The molecular weight excluding hydrogens is 402 g/mol. The third-order valence-electron chi connectivity index (χ3n) is 2.40. The van der Waals surface area contributed by atoms with Crippen LogP contribution in [0.15, 0.2) is 32.0 Å². The van der Waals surface area contributed by atoms with Crippen LogP contribution in [-0.4, -0.2) is 25.5 Å². The van der Waals surface area contributed by atoms with Gasteiger partial charge in [0.05, 0.1) is 4.90 Å². The van der Waals surface area contributed by atoms with Crippen LogP contribution in [0.1, 0.15) is 13.8 Å². The van der Waals surface area contributed by atoms with Crippen LogP contribution in [0.25, 0.3) is 0 Å². The summed E-state index contributed by atoms with van der Waals surface area (Å²) in [6, 6.07) is 3.49. The molecule has 0 heterocycles. The average Bonchev–Trinajstić information content (AvgIpc) is 2.28. The van der Waals surface area contributed by atoms with Gasteiger partial charge in [-0.1, -0.05) is 29.8 Å². The second-order valence-corrected chi connectivity index (χ2v) is 7.71. The molecule has 0 saturated heterocycles. The van der Waals surface area contributed by atoms with Crippen molar-refractivity contribution in [1.82, 2.24) is 4.72 Å². The Kier molecular flexibility index (Phi) is 5.54. The quantitative estimate of drug-likeness (QED) is 0.775. The third kappa shape index (κ3) is 4.27. The van der Waals surface area contributed by atoms with Crippen molar-refractivity contribution in [2.24, 2.45) is 5.92 Å². The van der Waals surface area contributed by atoms with E-state index in [1.807, 2.05) is 0 Å². The van der Waals surface area contributed by atoms with Crippen molar-refractivity contribution in [3.63, 3.8) is 0 Å². The van der Waals surface area contributed by atoms with Gasteiger partial charge in [-0.2, -0.15) is 4.72 Å². The summed E-state index contributed by atoms with van der Waals surface area (Å²) in [6.45, 7) is 3.27. The van der Waals surface area contributed by atoms with Gasteiger partial charge in [0.25, 0.3) is 0 Å². The zero-order valence-electron chi connectivity index (χ0n) is 10.2. The molecule has 0 spiro atoms. The predicted octanol–water partition coefficient (Wildman–Crippen LogP) is 2.60. The first-order valence-electron chi connectivity index (χ1n) is 5.35. The summed E-state index contributed by atoms with van der Waals surface area (Å²) in [4.78, 5) is 11.0. The van der Waals surface area contributed by atoms with Crippen molar-refractivity contribution < 1.29 is 18.3 Å². The number of carboxylic acid groups (broad SMARTS) is 1. The van der Waals surface area contributed by atoms with Gasteiger partial charge in [-0.25, -0.2) is 8.42 Å². The molecule has 0 unspecified atom stereocenters. The SMILES string of the molecule is CC(C)[C@H](NS(=O)(=O)c1cc(Br)ccc1Br)C(=O)O. The third-order valence-corrected chi connectivity index (χ3v) is 5.33. The monoisotopic (exact) mass is 413 g/mol. The minimum atomic E-state index is -3.91. The first kappa shape index (κ1) is 16.6. The second-order valence-electron chi connectivity index (χ2n) is 4.26. The van der Waals surface area contributed by atoms with Gasteiger partial charge in [-0.15, -0.1) is 0 Å². The molecular formula is C11H13Br2NO4S. The molecule has 0 radical (unpaired) electrons. The van der Waals surface area contributed by atoms with E-state index in [0.717, 1.165) is 0 Å². The van der Waals surface area contributed by atoms with Gasteiger partial charge in [-0.05, 0) is 40.0 Å². The van der Waals surface area contributed by atoms with E-state index in [-0.39, 0.29) is 10.8 Å². The molecule has 1 aromatic rings. The lowest BCUT2D eigenvalue weighted by atomic mass is 10.1. The topological polar surface area (TPSA) is 83.5 Å². The van der Waals surface area contributed by atoms with Gasteiger partial charge in [0.1, 0.15) is 6.04 Å². The number of halogens is 2. The maximum absolute atomic E-state index is 12.2. The number of benzene rings is 1. The Balaban J connectivity index is 3.17. The lowest BCUT2D eigenvalue weighted by Crippen LogP contribution is -2.44. The van der Waals surface area contributed by atoms with Gasteiger partial charge in [0.15, 0.2) is 0 Å². The Bertz CT molecular complexity index is 586. The lowest BCUT2D eigenvalue weighted by molar-refractivity contribution is -0.140. The first-order chi connectivity index (χ1) is 8.65. The molecule has 0 saturated carbocycles. The van der Waals surface area contributed by atoms with E-state index in [4.69, 9.17) is 5.11 Å². The molecule has 1 rings (SSSR count). The molecule has 0 bridgehead atoms. The summed E-state index contributed by atoms with van der Waals surface area (Å²) in [5.74, 6) is -1.57. The highest BCUT2D eigenvalue weighted by molar-refractivity contribution is 9.11. The van der Waals surface area contributed by atoms with E-state index < -0.39 is 22.0 Å². The molecule has 1 atom stereocenters. The second kappa shape index (κ2) is 6.34. The van der Waals surface area contributed by atoms with Crippen LogP contribution >= 0.6 is 31.9 Å². The van der Waals surface area contributed by atoms with Crippen molar-refractivity contribution >= 4 is 47.9 Å². The lowest BCUT2D eigenvalue weighted by Gasteiger charge is -2.18. The van der Waals surface area contributed by atoms with Crippen molar-refractivity contribution in [1.29, 1.82) is 0 Å². The Hall–Kier alpha value is -0.440. The van der Waals surface area contributed by atoms with E-state index >= 15 is 0 Å². The summed E-state index contributed by atoms with van der Waals surface area (Å²) in [7, 11) is -3.91. The van der Waals surface area contributed by atoms with Gasteiger partial charge < -0.3 is 5.11 Å². The van der Waals surface area contributed by atoms with Crippen LogP contribution in [0.4, 0.5) is 0 Å². The van der Waals surface area contributed by atoms with Crippen molar-refractivity contribution in [3.8, 4) is 0 Å². The van der Waals surface area contributed by atoms with E-state index in [0.29, 0.717) is 8.95 Å². The zero-order chi connectivity index (χ0) is 14.8. The first-order valence-corrected chi connectivity index (χ1v) is 8.42. The van der Waals surface area contributed by atoms with Gasteiger partial charge in [0.2, 0.25) is 10.0 Å². The van der Waals surface area contributed by atoms with Crippen LogP contribution in [0.3, 0.4) is 0 Å². The van der Waals surface area contributed by atoms with Gasteiger partial charge >= 0.3 is 5.97 Å². The highest BCUT2D eigenvalue weighted by Crippen LogP contribution is 2.26. The molecule has 0 aliphatic rings. The van der Waals surface area contributed by atoms with Gasteiger partial charge in [-0.3, -0.25) is 4.79 Å². The smallest absolute Gasteiger partial charge is 0.322 e. The molecule has 5 nitrogen and oxygen atoms in total. The molecule has 2 N–H and O–H groups in total. The van der Waals surface area contributed by atoms with E-state index in [2.05, 4.69) is 36.6 Å². The molecule has 0 amide bonds. The molecule has 0 aliphatic heterocycles. The van der Waals surface area contributed by atoms with Crippen LogP contribution in [0.2, 0.25) is 0 Å². The average molecular weight is 415 g/mol. The maximum Gasteiger partial charge on any atom is 0.322 e. The van der Waals surface area contributed by atoms with E-state index in [9.17, 15) is 13.2 Å². The Morgan fingerprint density at radius 1 is 1.32 bits per heavy atom. The maximum atomic E-state index is 12.2. The Morgan fingerprint density at radius 3 is 2.37 bits per heavy atom. The molecule has 1 aromatic carbocycles. The zero-order valence-corrected chi connectivity index (χ0v) is 14.2. The summed E-state index contributed by atoms with van der Waals surface area (Å²) in [5.41, 5.74) is 0. The van der Waals surface area contributed by atoms with Crippen LogP contribution < -0.4 is 4.72 Å². The van der Waals surface area contributed by atoms with Crippen molar-refractivity contribution in [3.05, 3.63) is 27.1 Å². The molecule has 0 fully saturated rings. The van der Waals surface area contributed by atoms with Crippen molar-refractivity contribution in [2.75, 3.05) is 0 Å². The fourth-order valence-electron chi connectivity index (χ4n) is 1.39. The highest BCUT2D eigenvalue weighted by Gasteiger charge is 2.29. The number of aliphatic carboxylic acids is 1. The highest BCUT2D eigenvalue weighted by atomic mass is 79.9. The van der Waals surface area contributed by atoms with Gasteiger partial charge in [0, 0.05) is 8.95 Å². The van der Waals surface area contributed by atoms with Crippen molar-refractivity contribution in [2.45, 2.75) is 24.8 Å². The fourth-order valence-corrected chi connectivity index (χ4v) is 4.23. The standard InChI is InChI=1S/C11H13Br2NO4S/c1-6(2)10(11(15)16)14-19(17,18)9-5-7(12)3-4-8(9)13/h3-6,10,14H,1-2H3,(H,15,16)/t10-/m0/s1. The Morgan fingerprint density at radius 2 is 1.89 bits per heavy atom. The predicted molar refractivity (Wildman–Crippen MR) is 78.4 cm³/mol. The van der Waals surface area contributed by atoms with E-state index in [1.54, 1.807) is 26.0 Å². The summed E-state index contributed by atoms with van der Waals surface area (Å²) in [5, 5.41) is 9.03. The number of rotatable bonds is 5. The minimum absolute atomic E-state index is 0.00576. The summed E-state index contributed by atoms with van der Waals surface area (Å²) >= 11 is 6.33. The number of carboxylic acids is 1. The normalized spacial score (nSPS) is 13.5. The Labute approximate surface area is 128 Å². The van der Waals surface area contributed by atoms with E-state index in [1.165, 1.54) is 6.07 Å². The fraction of sp³-hybridized carbons (Fsp3) is 0.364. The minimum Gasteiger partial charge on any atom is -0.480 e. The molecule has 106 valence electrons. The van der Waals surface area contributed by atoms with Crippen LogP contribution in [0.5, 0.6) is 0 Å².